The summed E-state index contributed by atoms with van der Waals surface area (Å²) >= 11 is 0. The molecule has 0 unspecified atom stereocenters. The average molecular weight is 461 g/mol. The maximum absolute atomic E-state index is 12.2. The Bertz CT molecular complexity index is 1110. The van der Waals surface area contributed by atoms with E-state index in [0.29, 0.717) is 18.5 Å². The second kappa shape index (κ2) is 11.5. The topological polar surface area (TPSA) is 107 Å². The fourth-order valence-electron chi connectivity index (χ4n) is 2.97. The number of hydrazone groups is 1. The number of hydrogen-bond acceptors (Lipinski definition) is 5. The molecule has 0 aliphatic rings. The highest BCUT2D eigenvalue weighted by molar-refractivity contribution is 5.91. The summed E-state index contributed by atoms with van der Waals surface area (Å²) in [7, 11) is 1.40. The number of methoxy groups -OCH3 is 1. The third-order valence-corrected chi connectivity index (χ3v) is 4.39. The van der Waals surface area contributed by atoms with Gasteiger partial charge in [0, 0.05) is 18.9 Å². The molecule has 0 saturated carbocycles. The highest BCUT2D eigenvalue weighted by atomic mass is 19.4. The minimum absolute atomic E-state index is 0.327. The fourth-order valence-corrected chi connectivity index (χ4v) is 2.97. The van der Waals surface area contributed by atoms with Crippen LogP contribution in [0.25, 0.3) is 0 Å². The van der Waals surface area contributed by atoms with Gasteiger partial charge in [0.15, 0.2) is 0 Å². The van der Waals surface area contributed by atoms with Gasteiger partial charge in [0.05, 0.1) is 18.9 Å². The monoisotopic (exact) mass is 461 g/mol. The zero-order valence-corrected chi connectivity index (χ0v) is 17.6. The van der Waals surface area contributed by atoms with Crippen LogP contribution in [0.1, 0.15) is 32.6 Å². The van der Waals surface area contributed by atoms with E-state index in [-0.39, 0.29) is 5.97 Å². The van der Waals surface area contributed by atoms with Crippen LogP contribution in [-0.2, 0) is 22.5 Å². The molecular formula is C23H22F3N3O4. The number of rotatable bonds is 6. The maximum atomic E-state index is 12.2. The summed E-state index contributed by atoms with van der Waals surface area (Å²) in [5, 5.41) is 10.7. The molecule has 0 fully saturated rings. The molecular weight excluding hydrogens is 439 g/mol. The van der Waals surface area contributed by atoms with Gasteiger partial charge in [-0.1, -0.05) is 48.5 Å². The Morgan fingerprint density at radius 1 is 1.09 bits per heavy atom. The van der Waals surface area contributed by atoms with Gasteiger partial charge in [-0.05, 0) is 34.7 Å². The molecule has 3 N–H and O–H groups in total. The standard InChI is InChI=1S/C21H21N3O2.C2HF3O2/c1-26-21(25)20-15-24(13-16-6-3-2-4-7-16)14-19(20)11-17-8-5-9-18(10-17)12-23-22;3-2(4,5)1(6)7/h2-10,12,14-15H,11,13,22H2,1H3;(H,6,7)/b23-12-;. The Labute approximate surface area is 187 Å². The number of carboxylic acid groups (broad SMARTS) is 1. The molecule has 0 radical (unpaired) electrons. The normalized spacial score (nSPS) is 11.0. The van der Waals surface area contributed by atoms with Crippen LogP contribution in [-0.4, -0.2) is 41.1 Å². The minimum Gasteiger partial charge on any atom is -0.475 e. The minimum atomic E-state index is -5.08. The molecule has 1 heterocycles. The van der Waals surface area contributed by atoms with E-state index in [4.69, 9.17) is 20.5 Å². The van der Waals surface area contributed by atoms with E-state index in [9.17, 15) is 18.0 Å². The molecule has 0 spiro atoms. The van der Waals surface area contributed by atoms with Crippen LogP contribution in [0.2, 0.25) is 0 Å². The maximum Gasteiger partial charge on any atom is 0.490 e. The van der Waals surface area contributed by atoms with Crippen molar-refractivity contribution in [3.63, 3.8) is 0 Å². The van der Waals surface area contributed by atoms with Crippen molar-refractivity contribution in [1.29, 1.82) is 0 Å². The molecule has 0 amide bonds. The molecule has 1 aromatic heterocycles. The van der Waals surface area contributed by atoms with Crippen LogP contribution in [0.3, 0.4) is 0 Å². The van der Waals surface area contributed by atoms with Crippen molar-refractivity contribution in [1.82, 2.24) is 4.57 Å². The number of halogens is 3. The number of carbonyl (C=O) groups excluding carboxylic acids is 1. The van der Waals surface area contributed by atoms with Crippen LogP contribution < -0.4 is 5.84 Å². The average Bonchev–Trinajstić information content (AvgIpc) is 3.16. The molecule has 174 valence electrons. The number of nitrogens with two attached hydrogens (primary N) is 1. The van der Waals surface area contributed by atoms with E-state index in [1.54, 1.807) is 6.21 Å². The number of carboxylic acids is 1. The molecule has 0 bridgehead atoms. The number of benzene rings is 2. The number of nitrogens with zero attached hydrogens (tertiary/aromatic N) is 2. The van der Waals surface area contributed by atoms with Crippen LogP contribution >= 0.6 is 0 Å². The zero-order valence-electron chi connectivity index (χ0n) is 17.6. The van der Waals surface area contributed by atoms with Gasteiger partial charge in [-0.2, -0.15) is 18.3 Å². The van der Waals surface area contributed by atoms with Crippen molar-refractivity contribution in [3.8, 4) is 0 Å². The smallest absolute Gasteiger partial charge is 0.475 e. The number of carbonyl (C=O) groups is 2. The third-order valence-electron chi connectivity index (χ3n) is 4.39. The lowest BCUT2D eigenvalue weighted by Gasteiger charge is -2.04. The molecule has 3 aromatic rings. The number of esters is 1. The van der Waals surface area contributed by atoms with Crippen molar-refractivity contribution >= 4 is 18.2 Å². The Morgan fingerprint density at radius 3 is 2.30 bits per heavy atom. The summed E-state index contributed by atoms with van der Waals surface area (Å²) in [5.41, 5.74) is 4.68. The molecule has 3 rings (SSSR count). The highest BCUT2D eigenvalue weighted by Crippen LogP contribution is 2.19. The van der Waals surface area contributed by atoms with Gasteiger partial charge in [-0.15, -0.1) is 0 Å². The first-order valence-electron chi connectivity index (χ1n) is 9.57. The fraction of sp³-hybridized carbons (Fsp3) is 0.174. The molecule has 2 aromatic carbocycles. The number of ether oxygens (including phenoxy) is 1. The summed E-state index contributed by atoms with van der Waals surface area (Å²) in [4.78, 5) is 21.1. The third kappa shape index (κ3) is 7.84. The summed E-state index contributed by atoms with van der Waals surface area (Å²) in [5.74, 6) is 2.14. The summed E-state index contributed by atoms with van der Waals surface area (Å²) in [6.07, 6.45) is 0.992. The molecule has 0 aliphatic heterocycles. The van der Waals surface area contributed by atoms with E-state index in [1.165, 1.54) is 12.7 Å². The summed E-state index contributed by atoms with van der Waals surface area (Å²) in [6, 6.07) is 18.0. The second-order valence-electron chi connectivity index (χ2n) is 6.85. The van der Waals surface area contributed by atoms with Crippen molar-refractivity contribution < 1.29 is 32.6 Å². The SMILES string of the molecule is COC(=O)c1cn(Cc2ccccc2)cc1Cc1cccc(/C=N\N)c1.O=C(O)C(F)(F)F. The number of aromatic nitrogens is 1. The molecule has 33 heavy (non-hydrogen) atoms. The van der Waals surface area contributed by atoms with Crippen molar-refractivity contribution in [3.05, 3.63) is 94.8 Å². The first-order valence-corrected chi connectivity index (χ1v) is 9.57. The van der Waals surface area contributed by atoms with Crippen molar-refractivity contribution in [2.45, 2.75) is 19.1 Å². The van der Waals surface area contributed by atoms with E-state index in [0.717, 1.165) is 16.7 Å². The van der Waals surface area contributed by atoms with Crippen LogP contribution in [0.15, 0.2) is 72.1 Å². The summed E-state index contributed by atoms with van der Waals surface area (Å²) < 4.78 is 38.7. The number of hydrogen-bond donors (Lipinski definition) is 2. The van der Waals surface area contributed by atoms with Gasteiger partial charge in [0.25, 0.3) is 0 Å². The Hall–Kier alpha value is -4.08. The molecule has 0 saturated heterocycles. The van der Waals surface area contributed by atoms with Gasteiger partial charge in [-0.25, -0.2) is 9.59 Å². The van der Waals surface area contributed by atoms with E-state index < -0.39 is 12.1 Å². The Balaban J connectivity index is 0.000000479. The number of aliphatic carboxylic acids is 1. The van der Waals surface area contributed by atoms with Crippen molar-refractivity contribution in [2.24, 2.45) is 10.9 Å². The zero-order chi connectivity index (χ0) is 24.4. The highest BCUT2D eigenvalue weighted by Gasteiger charge is 2.38. The van der Waals surface area contributed by atoms with Gasteiger partial charge in [0.2, 0.25) is 0 Å². The largest absolute Gasteiger partial charge is 0.490 e. The van der Waals surface area contributed by atoms with Gasteiger partial charge in [0.1, 0.15) is 0 Å². The van der Waals surface area contributed by atoms with Crippen molar-refractivity contribution in [2.75, 3.05) is 7.11 Å². The van der Waals surface area contributed by atoms with Crippen LogP contribution in [0.5, 0.6) is 0 Å². The molecule has 10 heteroatoms. The van der Waals surface area contributed by atoms with Crippen LogP contribution in [0.4, 0.5) is 13.2 Å². The van der Waals surface area contributed by atoms with Crippen LogP contribution in [0, 0.1) is 0 Å². The Morgan fingerprint density at radius 2 is 1.73 bits per heavy atom. The second-order valence-corrected chi connectivity index (χ2v) is 6.85. The first-order chi connectivity index (χ1) is 15.6. The predicted octanol–water partition coefficient (Wildman–Crippen LogP) is 3.84. The van der Waals surface area contributed by atoms with Gasteiger partial charge < -0.3 is 20.3 Å². The molecule has 7 nitrogen and oxygen atoms in total. The quantitative estimate of drug-likeness (QED) is 0.251. The Kier molecular flexibility index (Phi) is 8.79. The van der Waals surface area contributed by atoms with Gasteiger partial charge >= 0.3 is 18.1 Å². The lowest BCUT2D eigenvalue weighted by Crippen LogP contribution is -2.21. The first kappa shape index (κ1) is 25.2. The van der Waals surface area contributed by atoms with Gasteiger partial charge in [-0.3, -0.25) is 0 Å². The molecule has 0 aliphatic carbocycles. The summed E-state index contributed by atoms with van der Waals surface area (Å²) in [6.45, 7) is 0.699. The predicted molar refractivity (Wildman–Crippen MR) is 116 cm³/mol. The van der Waals surface area contributed by atoms with E-state index in [2.05, 4.69) is 17.2 Å². The lowest BCUT2D eigenvalue weighted by atomic mass is 10.0. The lowest BCUT2D eigenvalue weighted by molar-refractivity contribution is -0.192. The van der Waals surface area contributed by atoms with E-state index in [1.807, 2.05) is 59.4 Å². The number of alkyl halides is 3. The van der Waals surface area contributed by atoms with E-state index >= 15 is 0 Å². The molecule has 0 atom stereocenters.